The molecule has 3 aromatic rings. The van der Waals surface area contributed by atoms with E-state index in [4.69, 9.17) is 11.6 Å². The van der Waals surface area contributed by atoms with Gasteiger partial charge in [0.2, 0.25) is 0 Å². The first-order valence-electron chi connectivity index (χ1n) is 9.52. The van der Waals surface area contributed by atoms with Gasteiger partial charge in [-0.1, -0.05) is 57.5 Å². The second-order valence-electron chi connectivity index (χ2n) is 6.93. The first-order valence-corrected chi connectivity index (χ1v) is 12.3. The van der Waals surface area contributed by atoms with Gasteiger partial charge in [0.15, 0.2) is 0 Å². The van der Waals surface area contributed by atoms with Crippen LogP contribution < -0.4 is 0 Å². The SMILES string of the molecule is O=C1S/C(=C\c2ccc(Sc3ccc(Cl)cc3)c([N+](=O)[O-])c2)C(=O)N1Cc1ccc(Br)cc1. The molecular weight excluding hydrogens is 548 g/mol. The van der Waals surface area contributed by atoms with Gasteiger partial charge in [-0.25, -0.2) is 0 Å². The second-order valence-corrected chi connectivity index (χ2v) is 10.4. The molecule has 6 nitrogen and oxygen atoms in total. The van der Waals surface area contributed by atoms with Crippen LogP contribution in [0.5, 0.6) is 0 Å². The third-order valence-electron chi connectivity index (χ3n) is 4.65. The Balaban J connectivity index is 1.56. The molecule has 1 aliphatic rings. The fourth-order valence-corrected chi connectivity index (χ4v) is 5.17. The van der Waals surface area contributed by atoms with E-state index in [1.165, 1.54) is 28.8 Å². The molecule has 0 atom stereocenters. The van der Waals surface area contributed by atoms with Gasteiger partial charge in [-0.05, 0) is 71.4 Å². The van der Waals surface area contributed by atoms with E-state index in [1.807, 2.05) is 24.3 Å². The van der Waals surface area contributed by atoms with Crippen LogP contribution in [0.4, 0.5) is 10.5 Å². The van der Waals surface area contributed by atoms with Crippen molar-refractivity contribution in [2.75, 3.05) is 0 Å². The number of halogens is 2. The van der Waals surface area contributed by atoms with E-state index in [9.17, 15) is 19.7 Å². The maximum atomic E-state index is 12.8. The van der Waals surface area contributed by atoms with Gasteiger partial charge in [-0.3, -0.25) is 24.6 Å². The predicted molar refractivity (Wildman–Crippen MR) is 134 cm³/mol. The maximum absolute atomic E-state index is 12.8. The Bertz CT molecular complexity index is 1280. The highest BCUT2D eigenvalue weighted by atomic mass is 79.9. The Kier molecular flexibility index (Phi) is 7.23. The molecule has 0 aromatic heterocycles. The zero-order chi connectivity index (χ0) is 23.5. The van der Waals surface area contributed by atoms with Crippen molar-refractivity contribution in [1.82, 2.24) is 4.90 Å². The van der Waals surface area contributed by atoms with Gasteiger partial charge in [-0.2, -0.15) is 0 Å². The molecule has 0 unspecified atom stereocenters. The summed E-state index contributed by atoms with van der Waals surface area (Å²) in [5, 5.41) is 11.9. The molecular formula is C23H14BrClN2O4S2. The summed E-state index contributed by atoms with van der Waals surface area (Å²) in [4.78, 5) is 39.1. The van der Waals surface area contributed by atoms with E-state index < -0.39 is 10.8 Å². The van der Waals surface area contributed by atoms with Crippen LogP contribution >= 0.6 is 51.1 Å². The van der Waals surface area contributed by atoms with Crippen LogP contribution in [0.15, 0.2) is 85.9 Å². The van der Waals surface area contributed by atoms with Crippen molar-refractivity contribution in [2.45, 2.75) is 16.3 Å². The number of nitro groups is 1. The molecule has 10 heteroatoms. The van der Waals surface area contributed by atoms with Gasteiger partial charge in [0, 0.05) is 20.5 Å². The number of hydrogen-bond acceptors (Lipinski definition) is 6. The molecule has 0 saturated carbocycles. The van der Waals surface area contributed by atoms with Crippen molar-refractivity contribution in [3.63, 3.8) is 0 Å². The van der Waals surface area contributed by atoms with Crippen molar-refractivity contribution in [2.24, 2.45) is 0 Å². The lowest BCUT2D eigenvalue weighted by Crippen LogP contribution is -2.27. The van der Waals surface area contributed by atoms with Crippen molar-refractivity contribution in [1.29, 1.82) is 0 Å². The van der Waals surface area contributed by atoms with Crippen LogP contribution in [0, 0.1) is 10.1 Å². The Morgan fingerprint density at radius 1 is 1.06 bits per heavy atom. The van der Waals surface area contributed by atoms with Gasteiger partial charge < -0.3 is 0 Å². The number of amides is 2. The highest BCUT2D eigenvalue weighted by Gasteiger charge is 2.35. The quantitative estimate of drug-likeness (QED) is 0.177. The summed E-state index contributed by atoms with van der Waals surface area (Å²) < 4.78 is 0.902. The summed E-state index contributed by atoms with van der Waals surface area (Å²) in [7, 11) is 0. The zero-order valence-electron chi connectivity index (χ0n) is 16.7. The molecule has 1 aliphatic heterocycles. The molecule has 1 heterocycles. The molecule has 0 N–H and O–H groups in total. The summed E-state index contributed by atoms with van der Waals surface area (Å²) in [6, 6.07) is 19.1. The molecule has 2 amide bonds. The average molecular weight is 562 g/mol. The number of thioether (sulfide) groups is 1. The lowest BCUT2D eigenvalue weighted by molar-refractivity contribution is -0.387. The minimum Gasteiger partial charge on any atom is -0.268 e. The maximum Gasteiger partial charge on any atom is 0.293 e. The smallest absolute Gasteiger partial charge is 0.268 e. The van der Waals surface area contributed by atoms with Gasteiger partial charge in [0.05, 0.1) is 21.3 Å². The van der Waals surface area contributed by atoms with E-state index in [-0.39, 0.29) is 22.4 Å². The number of carbonyl (C=O) groups is 2. The van der Waals surface area contributed by atoms with Crippen LogP contribution in [-0.2, 0) is 11.3 Å². The lowest BCUT2D eigenvalue weighted by atomic mass is 10.1. The molecule has 1 saturated heterocycles. The molecule has 0 bridgehead atoms. The Hall–Kier alpha value is -2.59. The van der Waals surface area contributed by atoms with Crippen molar-refractivity contribution < 1.29 is 14.5 Å². The third-order valence-corrected chi connectivity index (χ3v) is 7.41. The van der Waals surface area contributed by atoms with Crippen LogP contribution in [0.1, 0.15) is 11.1 Å². The van der Waals surface area contributed by atoms with Crippen LogP contribution in [-0.4, -0.2) is 21.0 Å². The topological polar surface area (TPSA) is 80.5 Å². The van der Waals surface area contributed by atoms with Crippen LogP contribution in [0.25, 0.3) is 6.08 Å². The van der Waals surface area contributed by atoms with E-state index in [2.05, 4.69) is 15.9 Å². The molecule has 166 valence electrons. The predicted octanol–water partition coefficient (Wildman–Crippen LogP) is 7.40. The number of hydrogen-bond donors (Lipinski definition) is 0. The van der Waals surface area contributed by atoms with Crippen LogP contribution in [0.2, 0.25) is 5.02 Å². The molecule has 0 aliphatic carbocycles. The summed E-state index contributed by atoms with van der Waals surface area (Å²) in [6.07, 6.45) is 1.51. The minimum absolute atomic E-state index is 0.0854. The standard InChI is InChI=1S/C23H14BrClN2O4S2/c24-16-4-1-14(2-5-16)13-26-22(28)21(33-23(26)29)12-15-3-10-20(19(11-15)27(30)31)32-18-8-6-17(25)7-9-18/h1-12H,13H2/b21-12-. The lowest BCUT2D eigenvalue weighted by Gasteiger charge is -2.12. The summed E-state index contributed by atoms with van der Waals surface area (Å²) in [5.74, 6) is -0.421. The van der Waals surface area contributed by atoms with Crippen molar-refractivity contribution >= 4 is 74.0 Å². The van der Waals surface area contributed by atoms with Gasteiger partial charge >= 0.3 is 0 Å². The molecule has 1 fully saturated rings. The largest absolute Gasteiger partial charge is 0.293 e. The number of imide groups is 1. The third kappa shape index (κ3) is 5.67. The van der Waals surface area contributed by atoms with Gasteiger partial charge in [0.1, 0.15) is 0 Å². The molecule has 3 aromatic carbocycles. The Labute approximate surface area is 211 Å². The van der Waals surface area contributed by atoms with E-state index in [0.717, 1.165) is 26.7 Å². The molecule has 0 radical (unpaired) electrons. The van der Waals surface area contributed by atoms with Gasteiger partial charge in [-0.15, -0.1) is 0 Å². The van der Waals surface area contributed by atoms with E-state index in [0.29, 0.717) is 15.5 Å². The van der Waals surface area contributed by atoms with Gasteiger partial charge in [0.25, 0.3) is 16.8 Å². The Morgan fingerprint density at radius 3 is 2.42 bits per heavy atom. The monoisotopic (exact) mass is 560 g/mol. The molecule has 33 heavy (non-hydrogen) atoms. The average Bonchev–Trinajstić information content (AvgIpc) is 3.05. The van der Waals surface area contributed by atoms with E-state index in [1.54, 1.807) is 36.4 Å². The summed E-state index contributed by atoms with van der Waals surface area (Å²) in [6.45, 7) is 0.159. The molecule has 0 spiro atoms. The fraction of sp³-hybridized carbons (Fsp3) is 0.0435. The highest BCUT2D eigenvalue weighted by molar-refractivity contribution is 9.10. The second kappa shape index (κ2) is 10.1. The number of carbonyl (C=O) groups excluding carboxylic acids is 2. The van der Waals surface area contributed by atoms with E-state index >= 15 is 0 Å². The fourth-order valence-electron chi connectivity index (χ4n) is 3.04. The minimum atomic E-state index is -0.463. The normalized spacial score (nSPS) is 14.8. The number of nitro benzene ring substituents is 1. The van der Waals surface area contributed by atoms with Crippen molar-refractivity contribution in [3.8, 4) is 0 Å². The zero-order valence-corrected chi connectivity index (χ0v) is 20.7. The summed E-state index contributed by atoms with van der Waals surface area (Å²) in [5.41, 5.74) is 1.20. The number of rotatable bonds is 6. The molecule has 4 rings (SSSR count). The van der Waals surface area contributed by atoms with Crippen LogP contribution in [0.3, 0.4) is 0 Å². The first-order chi connectivity index (χ1) is 15.8. The summed E-state index contributed by atoms with van der Waals surface area (Å²) >= 11 is 11.3. The van der Waals surface area contributed by atoms with Crippen molar-refractivity contribution in [3.05, 3.63) is 102 Å². The number of benzene rings is 3. The number of nitrogens with zero attached hydrogens (tertiary/aromatic N) is 2. The Morgan fingerprint density at radius 2 is 1.76 bits per heavy atom. The highest BCUT2D eigenvalue weighted by Crippen LogP contribution is 2.38. The first kappa shape index (κ1) is 23.6.